The van der Waals surface area contributed by atoms with E-state index in [0.29, 0.717) is 12.2 Å². The average molecular weight is 534 g/mol. The van der Waals surface area contributed by atoms with Crippen LogP contribution in [-0.2, 0) is 14.3 Å². The Labute approximate surface area is 227 Å². The first kappa shape index (κ1) is 31.0. The van der Waals surface area contributed by atoms with Crippen LogP contribution in [0.5, 0.6) is 0 Å². The highest BCUT2D eigenvalue weighted by molar-refractivity contribution is 7.98. The number of benzene rings is 1. The van der Waals surface area contributed by atoms with Gasteiger partial charge in [-0.05, 0) is 85.3 Å². The number of thioether (sulfide) groups is 1. The van der Waals surface area contributed by atoms with Crippen LogP contribution in [0.4, 0.5) is 4.79 Å². The van der Waals surface area contributed by atoms with E-state index in [0.717, 1.165) is 36.8 Å². The number of rotatable bonds is 9. The molecule has 1 fully saturated rings. The summed E-state index contributed by atoms with van der Waals surface area (Å²) >= 11 is 1.60. The Morgan fingerprint density at radius 3 is 2.27 bits per heavy atom. The maximum absolute atomic E-state index is 14.3. The second-order valence-electron chi connectivity index (χ2n) is 12.0. The first-order valence-electron chi connectivity index (χ1n) is 13.4. The smallest absolute Gasteiger partial charge is 0.408 e. The van der Waals surface area contributed by atoms with Crippen LogP contribution >= 0.6 is 11.8 Å². The number of hydrogen-bond acceptors (Lipinski definition) is 5. The van der Waals surface area contributed by atoms with Crippen LogP contribution in [0, 0.1) is 6.92 Å². The molecule has 1 aromatic carbocycles. The molecule has 0 aliphatic heterocycles. The van der Waals surface area contributed by atoms with Gasteiger partial charge < -0.3 is 20.3 Å². The molecule has 8 heteroatoms. The second-order valence-corrected chi connectivity index (χ2v) is 13.0. The summed E-state index contributed by atoms with van der Waals surface area (Å²) in [6.45, 7) is 13.1. The molecule has 208 valence electrons. The van der Waals surface area contributed by atoms with Gasteiger partial charge >= 0.3 is 6.09 Å². The minimum Gasteiger partial charge on any atom is -0.444 e. The third kappa shape index (κ3) is 9.87. The summed E-state index contributed by atoms with van der Waals surface area (Å²) in [5, 5.41) is 6.05. The third-order valence-corrected chi connectivity index (χ3v) is 7.02. The van der Waals surface area contributed by atoms with Gasteiger partial charge in [-0.3, -0.25) is 9.59 Å². The van der Waals surface area contributed by atoms with Gasteiger partial charge in [0.25, 0.3) is 0 Å². The van der Waals surface area contributed by atoms with Crippen LogP contribution < -0.4 is 10.6 Å². The molecule has 0 bridgehead atoms. The Hall–Kier alpha value is -2.22. The summed E-state index contributed by atoms with van der Waals surface area (Å²) in [6.07, 6.45) is 7.03. The lowest BCUT2D eigenvalue weighted by atomic mass is 9.92. The fraction of sp³-hybridized carbons (Fsp3) is 0.690. The minimum atomic E-state index is -0.827. The number of ether oxygens (including phenoxy) is 1. The van der Waals surface area contributed by atoms with Crippen LogP contribution in [0.3, 0.4) is 0 Å². The number of nitrogens with one attached hydrogen (secondary N) is 2. The number of amides is 3. The molecule has 0 saturated heterocycles. The molecule has 2 N–H and O–H groups in total. The van der Waals surface area contributed by atoms with E-state index in [1.807, 2.05) is 58.2 Å². The molecule has 2 atom stereocenters. The van der Waals surface area contributed by atoms with Gasteiger partial charge in [0.2, 0.25) is 11.8 Å². The zero-order chi connectivity index (χ0) is 27.8. The fourth-order valence-electron chi connectivity index (χ4n) is 4.74. The molecule has 7 nitrogen and oxygen atoms in total. The van der Waals surface area contributed by atoms with Crippen molar-refractivity contribution in [1.82, 2.24) is 15.5 Å². The topological polar surface area (TPSA) is 87.7 Å². The first-order valence-corrected chi connectivity index (χ1v) is 14.8. The highest BCUT2D eigenvalue weighted by Gasteiger charge is 2.42. The normalized spacial score (nSPS) is 16.4. The van der Waals surface area contributed by atoms with Gasteiger partial charge in [-0.2, -0.15) is 11.8 Å². The zero-order valence-electron chi connectivity index (χ0n) is 24.0. The van der Waals surface area contributed by atoms with Crippen molar-refractivity contribution in [1.29, 1.82) is 0 Å². The van der Waals surface area contributed by atoms with Crippen LogP contribution in [0.2, 0.25) is 0 Å². The summed E-state index contributed by atoms with van der Waals surface area (Å²) < 4.78 is 5.47. The van der Waals surface area contributed by atoms with E-state index in [-0.39, 0.29) is 17.9 Å². The fourth-order valence-corrected chi connectivity index (χ4v) is 5.21. The molecule has 0 heterocycles. The van der Waals surface area contributed by atoms with E-state index in [9.17, 15) is 14.4 Å². The SMILES string of the molecule is CSCCC(NC(=O)OC(C)(C)C)C(=O)N(C(C(=O)NC1CCCCC1)c1cccc(C)c1)C(C)(C)C. The van der Waals surface area contributed by atoms with E-state index in [4.69, 9.17) is 4.74 Å². The van der Waals surface area contributed by atoms with Crippen molar-refractivity contribution in [2.75, 3.05) is 12.0 Å². The van der Waals surface area contributed by atoms with Gasteiger partial charge in [-0.25, -0.2) is 4.79 Å². The van der Waals surface area contributed by atoms with Crippen molar-refractivity contribution in [2.24, 2.45) is 0 Å². The number of hydrogen-bond donors (Lipinski definition) is 2. The molecule has 0 aromatic heterocycles. The molecule has 1 aliphatic rings. The number of carbonyl (C=O) groups excluding carboxylic acids is 3. The molecule has 0 spiro atoms. The monoisotopic (exact) mass is 533 g/mol. The lowest BCUT2D eigenvalue weighted by Crippen LogP contribution is -2.59. The van der Waals surface area contributed by atoms with Gasteiger partial charge in [0.05, 0.1) is 0 Å². The Balaban J connectivity index is 2.49. The van der Waals surface area contributed by atoms with E-state index >= 15 is 0 Å². The van der Waals surface area contributed by atoms with Crippen LogP contribution in [-0.4, -0.2) is 58.0 Å². The van der Waals surface area contributed by atoms with Gasteiger partial charge in [0.1, 0.15) is 17.7 Å². The number of aryl methyl sites for hydroxylation is 1. The Morgan fingerprint density at radius 2 is 1.73 bits per heavy atom. The van der Waals surface area contributed by atoms with Crippen molar-refractivity contribution in [3.8, 4) is 0 Å². The minimum absolute atomic E-state index is 0.109. The lowest BCUT2D eigenvalue weighted by molar-refractivity contribution is -0.148. The predicted octanol–water partition coefficient (Wildman–Crippen LogP) is 5.76. The number of carbonyl (C=O) groups is 3. The van der Waals surface area contributed by atoms with Crippen molar-refractivity contribution in [3.05, 3.63) is 35.4 Å². The van der Waals surface area contributed by atoms with Gasteiger partial charge in [0, 0.05) is 11.6 Å². The van der Waals surface area contributed by atoms with Crippen molar-refractivity contribution in [2.45, 2.75) is 116 Å². The molecule has 37 heavy (non-hydrogen) atoms. The van der Waals surface area contributed by atoms with Gasteiger partial charge in [0.15, 0.2) is 0 Å². The highest BCUT2D eigenvalue weighted by atomic mass is 32.2. The maximum Gasteiger partial charge on any atom is 0.408 e. The van der Waals surface area contributed by atoms with E-state index in [2.05, 4.69) is 10.6 Å². The summed E-state index contributed by atoms with van der Waals surface area (Å²) in [4.78, 5) is 42.6. The molecule has 2 rings (SSSR count). The molecule has 2 unspecified atom stereocenters. The zero-order valence-corrected chi connectivity index (χ0v) is 24.8. The largest absolute Gasteiger partial charge is 0.444 e. The van der Waals surface area contributed by atoms with Crippen LogP contribution in [0.1, 0.15) is 97.2 Å². The molecular formula is C29H47N3O4S. The third-order valence-electron chi connectivity index (χ3n) is 6.38. The molecule has 1 saturated carbocycles. The molecule has 0 radical (unpaired) electrons. The Morgan fingerprint density at radius 1 is 1.08 bits per heavy atom. The maximum atomic E-state index is 14.3. The highest BCUT2D eigenvalue weighted by Crippen LogP contribution is 2.32. The van der Waals surface area contributed by atoms with E-state index in [1.165, 1.54) is 6.42 Å². The van der Waals surface area contributed by atoms with Crippen molar-refractivity contribution < 1.29 is 19.1 Å². The summed E-state index contributed by atoms with van der Waals surface area (Å²) in [6, 6.07) is 6.23. The summed E-state index contributed by atoms with van der Waals surface area (Å²) in [5.41, 5.74) is 0.394. The van der Waals surface area contributed by atoms with Crippen molar-refractivity contribution in [3.63, 3.8) is 0 Å². The predicted molar refractivity (Wildman–Crippen MR) is 152 cm³/mol. The van der Waals surface area contributed by atoms with Gasteiger partial charge in [-0.15, -0.1) is 0 Å². The Bertz CT molecular complexity index is 916. The molecule has 1 aromatic rings. The van der Waals surface area contributed by atoms with Gasteiger partial charge in [-0.1, -0.05) is 49.1 Å². The second kappa shape index (κ2) is 13.5. The number of nitrogens with zero attached hydrogens (tertiary/aromatic N) is 1. The summed E-state index contributed by atoms with van der Waals surface area (Å²) in [7, 11) is 0. The lowest BCUT2D eigenvalue weighted by Gasteiger charge is -2.43. The van der Waals surface area contributed by atoms with Crippen LogP contribution in [0.25, 0.3) is 0 Å². The quantitative estimate of drug-likeness (QED) is 0.421. The average Bonchev–Trinajstić information content (AvgIpc) is 2.78. The van der Waals surface area contributed by atoms with Crippen molar-refractivity contribution >= 4 is 29.7 Å². The molecule has 1 aliphatic carbocycles. The van der Waals surface area contributed by atoms with E-state index < -0.39 is 29.3 Å². The van der Waals surface area contributed by atoms with E-state index in [1.54, 1.807) is 37.4 Å². The standard InChI is InChI=1S/C29H47N3O4S/c1-20-13-12-14-21(19-20)24(25(33)30-22-15-10-9-11-16-22)32(28(2,3)4)26(34)23(17-18-37-8)31-27(35)36-29(5,6)7/h12-14,19,22-24H,9-11,15-18H2,1-8H3,(H,30,33)(H,31,35). The molecule has 3 amide bonds. The summed E-state index contributed by atoms with van der Waals surface area (Å²) in [5.74, 6) is 0.201. The molecular weight excluding hydrogens is 486 g/mol. The first-order chi connectivity index (χ1) is 17.2. The van der Waals surface area contributed by atoms with Crippen LogP contribution in [0.15, 0.2) is 24.3 Å². The Kier molecular flexibility index (Phi) is 11.3. The number of alkyl carbamates (subject to hydrolysis) is 1.